The molecular weight excluding hydrogens is 597 g/mol. The zero-order valence-corrected chi connectivity index (χ0v) is 26.8. The summed E-state index contributed by atoms with van der Waals surface area (Å²) in [5, 5.41) is 22.4. The number of fused-ring (bicyclic) bond motifs is 5. The van der Waals surface area contributed by atoms with Crippen LogP contribution in [0.4, 0.5) is 13.2 Å². The molecule has 11 atom stereocenters. The number of amides is 1. The van der Waals surface area contributed by atoms with Gasteiger partial charge in [0.2, 0.25) is 11.8 Å². The second-order valence-corrected chi connectivity index (χ2v) is 16.2. The monoisotopic (exact) mass is 644 g/mol. The summed E-state index contributed by atoms with van der Waals surface area (Å²) in [4.78, 5) is 15.3. The number of hydrogen-bond donors (Lipinski definition) is 3. The molecule has 3 N–H and O–H groups in total. The van der Waals surface area contributed by atoms with Crippen LogP contribution in [0.1, 0.15) is 91.9 Å². The molecule has 5 rings (SSSR count). The molecule has 44 heavy (non-hydrogen) atoms. The van der Waals surface area contributed by atoms with Gasteiger partial charge in [-0.25, -0.2) is 18.1 Å². The molecule has 4 aliphatic rings. The van der Waals surface area contributed by atoms with E-state index >= 15 is 0 Å². The summed E-state index contributed by atoms with van der Waals surface area (Å²) in [7, 11) is -4.64. The molecule has 1 aromatic rings. The highest BCUT2D eigenvalue weighted by atomic mass is 32.2. The topological polar surface area (TPSA) is 126 Å². The molecule has 0 bridgehead atoms. The first-order valence-corrected chi connectivity index (χ1v) is 17.6. The SMILES string of the molecule is CC[C@H]1C(O)C2C3CC[C@H]([C@H](C)CCC(=O)NS(=O)(=O)c4cccnc4OC(F)(F)F)[C@@]3(C)CCC2[C@@]2(C)CC[C@@H](O)C[C@@H]12. The largest absolute Gasteiger partial charge is 0.574 e. The summed E-state index contributed by atoms with van der Waals surface area (Å²) in [5.41, 5.74) is 0.0943. The average Bonchev–Trinajstić information content (AvgIpc) is 3.29. The maximum atomic E-state index is 12.8. The summed E-state index contributed by atoms with van der Waals surface area (Å²) in [6.45, 7) is 8.99. The number of aromatic nitrogens is 1. The molecule has 0 aliphatic heterocycles. The zero-order chi connectivity index (χ0) is 32.2. The van der Waals surface area contributed by atoms with Crippen molar-refractivity contribution < 1.29 is 41.3 Å². The summed E-state index contributed by atoms with van der Waals surface area (Å²) in [6.07, 6.45) is 2.99. The van der Waals surface area contributed by atoms with E-state index in [-0.39, 0.29) is 41.1 Å². The standard InChI is InChI=1S/C32H47F3N2O6S/c1-5-20-24-17-19(38)12-14-31(24,4)23-13-15-30(3)21(9-10-22(30)27(23)28(20)40)18(2)8-11-26(39)37-44(41,42)25-7-6-16-36-29(25)43-32(33,34)35/h6-7,16,18-24,27-28,38,40H,5,8-15,17H2,1-4H3,(H,37,39)/t18-,19-,20-,21-,22?,23?,24+,27?,28?,30-,31-/m1/s1. The highest BCUT2D eigenvalue weighted by Crippen LogP contribution is 2.69. The number of nitrogens with one attached hydrogen (secondary N) is 1. The fourth-order valence-corrected chi connectivity index (χ4v) is 11.6. The van der Waals surface area contributed by atoms with Gasteiger partial charge in [-0.05, 0) is 116 Å². The molecular formula is C32H47F3N2O6S. The number of nitrogens with zero attached hydrogens (tertiary/aromatic N) is 1. The van der Waals surface area contributed by atoms with E-state index in [4.69, 9.17) is 0 Å². The minimum atomic E-state index is -5.14. The van der Waals surface area contributed by atoms with Gasteiger partial charge < -0.3 is 14.9 Å². The second kappa shape index (κ2) is 12.0. The zero-order valence-electron chi connectivity index (χ0n) is 26.0. The number of sulfonamides is 1. The first-order chi connectivity index (χ1) is 20.5. The molecule has 1 heterocycles. The van der Waals surface area contributed by atoms with Gasteiger partial charge in [-0.2, -0.15) is 0 Å². The number of alkyl halides is 3. The predicted octanol–water partition coefficient (Wildman–Crippen LogP) is 5.83. The van der Waals surface area contributed by atoms with Gasteiger partial charge in [0.25, 0.3) is 10.0 Å². The van der Waals surface area contributed by atoms with E-state index in [2.05, 4.69) is 37.4 Å². The van der Waals surface area contributed by atoms with Crippen molar-refractivity contribution in [3.8, 4) is 5.88 Å². The summed E-state index contributed by atoms with van der Waals surface area (Å²) in [6, 6.07) is 2.06. The maximum absolute atomic E-state index is 12.8. The van der Waals surface area contributed by atoms with Crippen LogP contribution in [0.5, 0.6) is 5.88 Å². The highest BCUT2D eigenvalue weighted by molar-refractivity contribution is 7.90. The third-order valence-corrected chi connectivity index (χ3v) is 13.8. The number of carbonyl (C=O) groups excluding carboxylic acids is 1. The molecule has 8 nitrogen and oxygen atoms in total. The maximum Gasteiger partial charge on any atom is 0.574 e. The number of rotatable bonds is 8. The van der Waals surface area contributed by atoms with Crippen LogP contribution in [0.3, 0.4) is 0 Å². The Morgan fingerprint density at radius 1 is 1.11 bits per heavy atom. The van der Waals surface area contributed by atoms with Crippen molar-refractivity contribution in [2.75, 3.05) is 0 Å². The van der Waals surface area contributed by atoms with Gasteiger partial charge in [0.15, 0.2) is 0 Å². The Labute approximate surface area is 258 Å². The lowest BCUT2D eigenvalue weighted by Crippen LogP contribution is -2.62. The van der Waals surface area contributed by atoms with E-state index in [1.54, 1.807) is 0 Å². The average molecular weight is 645 g/mol. The van der Waals surface area contributed by atoms with Gasteiger partial charge in [-0.1, -0.05) is 34.1 Å². The van der Waals surface area contributed by atoms with Gasteiger partial charge in [0, 0.05) is 12.6 Å². The van der Waals surface area contributed by atoms with Crippen LogP contribution in [0.15, 0.2) is 23.2 Å². The lowest BCUT2D eigenvalue weighted by Gasteiger charge is -2.64. The Bertz CT molecular complexity index is 1330. The molecule has 4 unspecified atom stereocenters. The number of carbonyl (C=O) groups is 1. The molecule has 4 fully saturated rings. The van der Waals surface area contributed by atoms with Crippen molar-refractivity contribution in [1.29, 1.82) is 0 Å². The number of pyridine rings is 1. The van der Waals surface area contributed by atoms with Crippen LogP contribution in [0.25, 0.3) is 0 Å². The molecule has 4 saturated carbocycles. The van der Waals surface area contributed by atoms with Crippen LogP contribution < -0.4 is 9.46 Å². The van der Waals surface area contributed by atoms with Gasteiger partial charge in [0.1, 0.15) is 4.90 Å². The highest BCUT2D eigenvalue weighted by Gasteiger charge is 2.64. The van der Waals surface area contributed by atoms with Gasteiger partial charge in [-0.3, -0.25) is 4.79 Å². The summed E-state index contributed by atoms with van der Waals surface area (Å²) < 4.78 is 69.5. The fourth-order valence-electron chi connectivity index (χ4n) is 10.5. The molecule has 0 aromatic carbocycles. The fraction of sp³-hybridized carbons (Fsp3) is 0.812. The van der Waals surface area contributed by atoms with E-state index in [9.17, 15) is 36.6 Å². The van der Waals surface area contributed by atoms with Crippen LogP contribution in [0, 0.1) is 52.3 Å². The van der Waals surface area contributed by atoms with Gasteiger partial charge in [-0.15, -0.1) is 13.2 Å². The van der Waals surface area contributed by atoms with E-state index in [0.29, 0.717) is 30.1 Å². The third-order valence-electron chi connectivity index (χ3n) is 12.5. The third kappa shape index (κ3) is 5.99. The Morgan fingerprint density at radius 2 is 1.80 bits per heavy atom. The van der Waals surface area contributed by atoms with Crippen LogP contribution in [-0.4, -0.2) is 48.1 Å². The summed E-state index contributed by atoms with van der Waals surface area (Å²) in [5.74, 6) is -0.0688. The van der Waals surface area contributed by atoms with Gasteiger partial charge >= 0.3 is 6.36 Å². The smallest absolute Gasteiger partial charge is 0.393 e. The first-order valence-electron chi connectivity index (χ1n) is 16.1. The van der Waals surface area contributed by atoms with Gasteiger partial charge in [0.05, 0.1) is 12.2 Å². The number of aliphatic hydroxyl groups excluding tert-OH is 2. The lowest BCUT2D eigenvalue weighted by molar-refractivity contribution is -0.277. The molecule has 0 spiro atoms. The Kier molecular flexibility index (Phi) is 9.14. The minimum absolute atomic E-state index is 0.0146. The number of ether oxygens (including phenoxy) is 1. The van der Waals surface area contributed by atoms with Crippen molar-refractivity contribution in [3.63, 3.8) is 0 Å². The van der Waals surface area contributed by atoms with E-state index < -0.39 is 39.2 Å². The van der Waals surface area contributed by atoms with Crippen LogP contribution >= 0.6 is 0 Å². The normalized spacial score (nSPS) is 39.5. The van der Waals surface area contributed by atoms with Crippen LogP contribution in [0.2, 0.25) is 0 Å². The second-order valence-electron chi connectivity index (χ2n) is 14.5. The Hall–Kier alpha value is -1.92. The first kappa shape index (κ1) is 33.4. The Balaban J connectivity index is 1.25. The molecule has 0 radical (unpaired) electrons. The molecule has 248 valence electrons. The number of aliphatic hydroxyl groups is 2. The van der Waals surface area contributed by atoms with Crippen molar-refractivity contribution in [1.82, 2.24) is 9.71 Å². The van der Waals surface area contributed by atoms with Crippen molar-refractivity contribution in [2.24, 2.45) is 52.3 Å². The van der Waals surface area contributed by atoms with E-state index in [0.717, 1.165) is 69.7 Å². The molecule has 1 amide bonds. The van der Waals surface area contributed by atoms with Crippen molar-refractivity contribution >= 4 is 15.9 Å². The molecule has 4 aliphatic carbocycles. The van der Waals surface area contributed by atoms with Crippen molar-refractivity contribution in [3.05, 3.63) is 18.3 Å². The molecule has 1 aromatic heterocycles. The van der Waals surface area contributed by atoms with E-state index in [1.165, 1.54) is 0 Å². The predicted molar refractivity (Wildman–Crippen MR) is 156 cm³/mol. The number of hydrogen-bond acceptors (Lipinski definition) is 7. The Morgan fingerprint density at radius 3 is 2.48 bits per heavy atom. The summed E-state index contributed by atoms with van der Waals surface area (Å²) >= 11 is 0. The quantitative estimate of drug-likeness (QED) is 0.325. The van der Waals surface area contributed by atoms with E-state index in [1.807, 2.05) is 4.72 Å². The molecule has 0 saturated heterocycles. The lowest BCUT2D eigenvalue weighted by atomic mass is 9.41. The van der Waals surface area contributed by atoms with Crippen molar-refractivity contribution in [2.45, 2.75) is 115 Å². The molecule has 12 heteroatoms. The minimum Gasteiger partial charge on any atom is -0.393 e. The number of halogens is 3. The van der Waals surface area contributed by atoms with Crippen LogP contribution in [-0.2, 0) is 14.8 Å².